The molecule has 0 radical (unpaired) electrons. The Morgan fingerprint density at radius 1 is 1.27 bits per heavy atom. The number of nitrogens with one attached hydrogen (secondary N) is 1. The molecule has 0 atom stereocenters. The van der Waals surface area contributed by atoms with Crippen molar-refractivity contribution in [1.29, 1.82) is 0 Å². The summed E-state index contributed by atoms with van der Waals surface area (Å²) in [4.78, 5) is 11.5. The summed E-state index contributed by atoms with van der Waals surface area (Å²) >= 11 is 3.35. The molecule has 0 bridgehead atoms. The molecule has 0 aromatic heterocycles. The standard InChI is InChI=1S/C11H20BrNO2/c12-8-2-1-3-11(15)13-9-4-6-10(14)7-5-9/h9-10,14H,1-8H2,(H,13,15). The lowest BCUT2D eigenvalue weighted by atomic mass is 9.93. The van der Waals surface area contributed by atoms with Gasteiger partial charge in [0.25, 0.3) is 0 Å². The van der Waals surface area contributed by atoms with Crippen LogP contribution in [-0.4, -0.2) is 28.5 Å². The molecule has 3 nitrogen and oxygen atoms in total. The number of hydrogen-bond donors (Lipinski definition) is 2. The van der Waals surface area contributed by atoms with Gasteiger partial charge < -0.3 is 10.4 Å². The highest BCUT2D eigenvalue weighted by Gasteiger charge is 2.20. The van der Waals surface area contributed by atoms with E-state index in [9.17, 15) is 9.90 Å². The Hall–Kier alpha value is -0.0900. The normalized spacial score (nSPS) is 26.3. The molecule has 1 aliphatic rings. The molecular formula is C11H20BrNO2. The van der Waals surface area contributed by atoms with Crippen LogP contribution in [0.15, 0.2) is 0 Å². The predicted octanol–water partition coefficient (Wildman–Crippen LogP) is 1.97. The smallest absolute Gasteiger partial charge is 0.220 e. The molecule has 1 aliphatic carbocycles. The summed E-state index contributed by atoms with van der Waals surface area (Å²) in [5.74, 6) is 0.164. The van der Waals surface area contributed by atoms with Crippen molar-refractivity contribution in [1.82, 2.24) is 5.32 Å². The van der Waals surface area contributed by atoms with Gasteiger partial charge in [-0.1, -0.05) is 15.9 Å². The minimum atomic E-state index is -0.147. The van der Waals surface area contributed by atoms with Crippen LogP contribution in [0.2, 0.25) is 0 Å². The maximum absolute atomic E-state index is 11.5. The van der Waals surface area contributed by atoms with Gasteiger partial charge in [-0.05, 0) is 38.5 Å². The van der Waals surface area contributed by atoms with Crippen LogP contribution >= 0.6 is 15.9 Å². The summed E-state index contributed by atoms with van der Waals surface area (Å²) in [5, 5.41) is 13.3. The van der Waals surface area contributed by atoms with Crippen LogP contribution in [0.5, 0.6) is 0 Å². The zero-order valence-corrected chi connectivity index (χ0v) is 10.6. The van der Waals surface area contributed by atoms with Gasteiger partial charge in [0.15, 0.2) is 0 Å². The zero-order valence-electron chi connectivity index (χ0n) is 9.04. The maximum Gasteiger partial charge on any atom is 0.220 e. The maximum atomic E-state index is 11.5. The Morgan fingerprint density at radius 2 is 1.93 bits per heavy atom. The van der Waals surface area contributed by atoms with Crippen molar-refractivity contribution >= 4 is 21.8 Å². The number of rotatable bonds is 5. The van der Waals surface area contributed by atoms with Crippen LogP contribution in [0.4, 0.5) is 0 Å². The average molecular weight is 278 g/mol. The Morgan fingerprint density at radius 3 is 2.53 bits per heavy atom. The van der Waals surface area contributed by atoms with E-state index in [1.54, 1.807) is 0 Å². The molecule has 1 fully saturated rings. The fourth-order valence-electron chi connectivity index (χ4n) is 1.90. The lowest BCUT2D eigenvalue weighted by Crippen LogP contribution is -2.38. The summed E-state index contributed by atoms with van der Waals surface area (Å²) < 4.78 is 0. The van der Waals surface area contributed by atoms with Gasteiger partial charge in [0.05, 0.1) is 6.10 Å². The number of amides is 1. The van der Waals surface area contributed by atoms with E-state index in [4.69, 9.17) is 0 Å². The van der Waals surface area contributed by atoms with E-state index < -0.39 is 0 Å². The Labute approximate surface area is 99.8 Å². The minimum absolute atomic E-state index is 0.147. The van der Waals surface area contributed by atoms with Crippen LogP contribution in [0.3, 0.4) is 0 Å². The molecule has 0 aromatic carbocycles. The van der Waals surface area contributed by atoms with Crippen LogP contribution in [0.25, 0.3) is 0 Å². The molecule has 4 heteroatoms. The van der Waals surface area contributed by atoms with Gasteiger partial charge in [0, 0.05) is 17.8 Å². The van der Waals surface area contributed by atoms with Crippen molar-refractivity contribution in [3.05, 3.63) is 0 Å². The number of alkyl halides is 1. The molecule has 88 valence electrons. The molecule has 0 spiro atoms. The van der Waals surface area contributed by atoms with Crippen LogP contribution in [-0.2, 0) is 4.79 Å². The van der Waals surface area contributed by atoms with Gasteiger partial charge in [0.2, 0.25) is 5.91 Å². The lowest BCUT2D eigenvalue weighted by molar-refractivity contribution is -0.122. The number of halogens is 1. The molecule has 0 unspecified atom stereocenters. The fourth-order valence-corrected chi connectivity index (χ4v) is 2.30. The van der Waals surface area contributed by atoms with E-state index in [0.29, 0.717) is 12.5 Å². The lowest BCUT2D eigenvalue weighted by Gasteiger charge is -2.26. The second-order valence-corrected chi connectivity index (χ2v) is 5.01. The highest BCUT2D eigenvalue weighted by Crippen LogP contribution is 2.18. The number of aliphatic hydroxyl groups is 1. The van der Waals surface area contributed by atoms with E-state index in [1.165, 1.54) is 0 Å². The van der Waals surface area contributed by atoms with Gasteiger partial charge >= 0.3 is 0 Å². The van der Waals surface area contributed by atoms with Gasteiger partial charge in [-0.3, -0.25) is 4.79 Å². The number of carbonyl (C=O) groups excluding carboxylic acids is 1. The van der Waals surface area contributed by atoms with Gasteiger partial charge in [-0.25, -0.2) is 0 Å². The SMILES string of the molecule is O=C(CCCCBr)NC1CCC(O)CC1. The summed E-state index contributed by atoms with van der Waals surface area (Å²) in [5.41, 5.74) is 0. The van der Waals surface area contributed by atoms with E-state index in [1.807, 2.05) is 0 Å². The van der Waals surface area contributed by atoms with Crippen LogP contribution < -0.4 is 5.32 Å². The van der Waals surface area contributed by atoms with E-state index in [2.05, 4.69) is 21.2 Å². The molecule has 15 heavy (non-hydrogen) atoms. The number of hydrogen-bond acceptors (Lipinski definition) is 2. The van der Waals surface area contributed by atoms with Crippen LogP contribution in [0.1, 0.15) is 44.9 Å². The molecule has 1 saturated carbocycles. The first-order chi connectivity index (χ1) is 7.22. The quantitative estimate of drug-likeness (QED) is 0.596. The predicted molar refractivity (Wildman–Crippen MR) is 64.1 cm³/mol. The Balaban J connectivity index is 2.09. The van der Waals surface area contributed by atoms with Crippen LogP contribution in [0, 0.1) is 0 Å². The second-order valence-electron chi connectivity index (χ2n) is 4.22. The number of unbranched alkanes of at least 4 members (excludes halogenated alkanes) is 1. The Bertz CT molecular complexity index is 191. The van der Waals surface area contributed by atoms with Crippen molar-refractivity contribution in [2.75, 3.05) is 5.33 Å². The van der Waals surface area contributed by atoms with Crippen molar-refractivity contribution in [3.63, 3.8) is 0 Å². The third kappa shape index (κ3) is 5.52. The van der Waals surface area contributed by atoms with Crippen molar-refractivity contribution in [3.8, 4) is 0 Å². The number of aliphatic hydroxyl groups excluding tert-OH is 1. The number of carbonyl (C=O) groups is 1. The zero-order chi connectivity index (χ0) is 11.1. The minimum Gasteiger partial charge on any atom is -0.393 e. The summed E-state index contributed by atoms with van der Waals surface area (Å²) in [6, 6.07) is 0.296. The average Bonchev–Trinajstić information content (AvgIpc) is 2.22. The molecule has 0 aliphatic heterocycles. The topological polar surface area (TPSA) is 49.3 Å². The molecule has 2 N–H and O–H groups in total. The second kappa shape index (κ2) is 7.23. The van der Waals surface area contributed by atoms with Crippen molar-refractivity contribution < 1.29 is 9.90 Å². The van der Waals surface area contributed by atoms with Gasteiger partial charge in [-0.15, -0.1) is 0 Å². The third-order valence-electron chi connectivity index (χ3n) is 2.85. The highest BCUT2D eigenvalue weighted by molar-refractivity contribution is 9.09. The Kier molecular flexibility index (Phi) is 6.25. The van der Waals surface area contributed by atoms with Gasteiger partial charge in [0.1, 0.15) is 0 Å². The molecule has 1 amide bonds. The van der Waals surface area contributed by atoms with Gasteiger partial charge in [-0.2, -0.15) is 0 Å². The molecular weight excluding hydrogens is 258 g/mol. The van der Waals surface area contributed by atoms with Crippen molar-refractivity contribution in [2.24, 2.45) is 0 Å². The molecule has 0 heterocycles. The summed E-state index contributed by atoms with van der Waals surface area (Å²) in [6.45, 7) is 0. The molecule has 0 aromatic rings. The van der Waals surface area contributed by atoms with E-state index in [-0.39, 0.29) is 12.0 Å². The summed E-state index contributed by atoms with van der Waals surface area (Å²) in [7, 11) is 0. The summed E-state index contributed by atoms with van der Waals surface area (Å²) in [6.07, 6.45) is 5.98. The monoisotopic (exact) mass is 277 g/mol. The fraction of sp³-hybridized carbons (Fsp3) is 0.909. The first-order valence-corrected chi connectivity index (χ1v) is 6.88. The highest BCUT2D eigenvalue weighted by atomic mass is 79.9. The van der Waals surface area contributed by atoms with Crippen molar-refractivity contribution in [2.45, 2.75) is 57.1 Å². The third-order valence-corrected chi connectivity index (χ3v) is 3.41. The molecule has 0 saturated heterocycles. The molecule has 1 rings (SSSR count). The first kappa shape index (κ1) is 13.0. The first-order valence-electron chi connectivity index (χ1n) is 5.75. The van der Waals surface area contributed by atoms with E-state index >= 15 is 0 Å². The van der Waals surface area contributed by atoms with E-state index in [0.717, 1.165) is 43.9 Å². The largest absolute Gasteiger partial charge is 0.393 e.